The first-order valence-electron chi connectivity index (χ1n) is 10.2. The predicted octanol–water partition coefficient (Wildman–Crippen LogP) is 0.208. The second-order valence-corrected chi connectivity index (χ2v) is 7.28. The van der Waals surface area contributed by atoms with E-state index in [9.17, 15) is 19.8 Å². The minimum absolute atomic E-state index is 0.00162. The lowest BCUT2D eigenvalue weighted by molar-refractivity contribution is -0.117. The highest BCUT2D eigenvalue weighted by Crippen LogP contribution is 2.31. The molecule has 0 aromatic heterocycles. The van der Waals surface area contributed by atoms with Gasteiger partial charge in [-0.05, 0) is 50.0 Å². The van der Waals surface area contributed by atoms with E-state index in [2.05, 4.69) is 0 Å². The Kier molecular flexibility index (Phi) is 10.8. The zero-order valence-corrected chi connectivity index (χ0v) is 18.8. The largest absolute Gasteiger partial charge is 0.392 e. The molecule has 0 spiro atoms. The highest BCUT2D eigenvalue weighted by atomic mass is 16.3. The maximum atomic E-state index is 11.9. The quantitative estimate of drug-likeness (QED) is 0.249. The molecule has 2 unspecified atom stereocenters. The number of hydrogen-bond acceptors (Lipinski definition) is 8. The molecule has 176 valence electrons. The molecule has 8 nitrogen and oxygen atoms in total. The van der Waals surface area contributed by atoms with Crippen LogP contribution < -0.4 is 0 Å². The summed E-state index contributed by atoms with van der Waals surface area (Å²) in [6.07, 6.45) is 4.77. The fraction of sp³-hybridized carbons (Fsp3) is 0.417. The minimum Gasteiger partial charge on any atom is -0.392 e. The number of hydrogen-bond donors (Lipinski definition) is 6. The summed E-state index contributed by atoms with van der Waals surface area (Å²) in [6, 6.07) is 0. The van der Waals surface area contributed by atoms with Crippen molar-refractivity contribution in [2.75, 3.05) is 26.4 Å². The summed E-state index contributed by atoms with van der Waals surface area (Å²) in [6.45, 7) is 4.99. The monoisotopic (exact) mass is 448 g/mol. The van der Waals surface area contributed by atoms with Crippen LogP contribution in [-0.2, 0) is 9.59 Å². The molecule has 2 aliphatic rings. The Hall–Kier alpha value is -2.46. The van der Waals surface area contributed by atoms with Crippen LogP contribution >= 0.6 is 0 Å². The van der Waals surface area contributed by atoms with Crippen LogP contribution in [0.5, 0.6) is 0 Å². The number of ketones is 2. The first-order chi connectivity index (χ1) is 15.2. The topological polar surface area (TPSA) is 156 Å². The van der Waals surface area contributed by atoms with E-state index in [-0.39, 0.29) is 47.1 Å². The smallest absolute Gasteiger partial charge is 0.192 e. The van der Waals surface area contributed by atoms with E-state index in [0.717, 1.165) is 0 Å². The van der Waals surface area contributed by atoms with Crippen molar-refractivity contribution in [1.82, 2.24) is 0 Å². The van der Waals surface area contributed by atoms with E-state index in [0.29, 0.717) is 22.3 Å². The van der Waals surface area contributed by atoms with Gasteiger partial charge in [0.25, 0.3) is 0 Å². The van der Waals surface area contributed by atoms with Crippen LogP contribution in [0.15, 0.2) is 68.9 Å². The molecule has 6 N–H and O–H groups in total. The van der Waals surface area contributed by atoms with Crippen molar-refractivity contribution in [3.05, 3.63) is 68.9 Å². The molecule has 0 heterocycles. The van der Waals surface area contributed by atoms with Gasteiger partial charge in [-0.2, -0.15) is 0 Å². The van der Waals surface area contributed by atoms with Gasteiger partial charge in [0.1, 0.15) is 6.10 Å². The fourth-order valence-electron chi connectivity index (χ4n) is 3.61. The summed E-state index contributed by atoms with van der Waals surface area (Å²) in [4.78, 5) is 23.7. The van der Waals surface area contributed by atoms with E-state index in [4.69, 9.17) is 20.4 Å². The van der Waals surface area contributed by atoms with Gasteiger partial charge in [0.15, 0.2) is 11.6 Å². The molecule has 0 radical (unpaired) electrons. The minimum atomic E-state index is -0.952. The van der Waals surface area contributed by atoms with Crippen molar-refractivity contribution < 1.29 is 40.2 Å². The highest BCUT2D eigenvalue weighted by Gasteiger charge is 2.31. The first kappa shape index (κ1) is 27.6. The number of carbonyl (C=O) groups is 2. The van der Waals surface area contributed by atoms with Gasteiger partial charge in [-0.1, -0.05) is 24.3 Å². The second-order valence-electron chi connectivity index (χ2n) is 7.28. The van der Waals surface area contributed by atoms with Gasteiger partial charge < -0.3 is 30.6 Å². The molecule has 0 aromatic carbocycles. The second kappa shape index (κ2) is 12.5. The normalized spacial score (nSPS) is 22.6. The SMILES string of the molecule is CC=CC1=C(C)C(=O)C(CO)=C(CO)C1=O.CC=CC1=C(C)C(O)C(CO)=C(CO)C1O. The van der Waals surface area contributed by atoms with E-state index in [1.807, 2.05) is 6.92 Å². The van der Waals surface area contributed by atoms with Crippen molar-refractivity contribution in [2.24, 2.45) is 0 Å². The Morgan fingerprint density at radius 2 is 1.19 bits per heavy atom. The van der Waals surface area contributed by atoms with Gasteiger partial charge in [-0.25, -0.2) is 0 Å². The Balaban J connectivity index is 0.000000320. The number of carbonyl (C=O) groups excluding carboxylic acids is 2. The number of aliphatic hydroxyl groups excluding tert-OH is 6. The molecule has 2 atom stereocenters. The molecule has 32 heavy (non-hydrogen) atoms. The maximum Gasteiger partial charge on any atom is 0.192 e. The van der Waals surface area contributed by atoms with Gasteiger partial charge in [0, 0.05) is 22.3 Å². The van der Waals surface area contributed by atoms with Crippen LogP contribution in [0, 0.1) is 0 Å². The average Bonchev–Trinajstić information content (AvgIpc) is 2.79. The molecule has 0 bridgehead atoms. The molecule has 0 aromatic rings. The molecule has 8 heteroatoms. The molecular weight excluding hydrogens is 416 g/mol. The lowest BCUT2D eigenvalue weighted by atomic mass is 9.82. The number of Topliss-reactive ketones (excluding diaryl/α,β-unsaturated/α-hetero) is 2. The number of allylic oxidation sites excluding steroid dienone is 5. The van der Waals surface area contributed by atoms with Gasteiger partial charge >= 0.3 is 0 Å². The lowest BCUT2D eigenvalue weighted by Gasteiger charge is -2.30. The van der Waals surface area contributed by atoms with E-state index < -0.39 is 25.4 Å². The van der Waals surface area contributed by atoms with Crippen LogP contribution in [0.1, 0.15) is 27.7 Å². The van der Waals surface area contributed by atoms with Crippen molar-refractivity contribution in [3.63, 3.8) is 0 Å². The predicted molar refractivity (Wildman–Crippen MR) is 119 cm³/mol. The molecular formula is C24H32O8. The van der Waals surface area contributed by atoms with Gasteiger partial charge in [-0.3, -0.25) is 9.59 Å². The van der Waals surface area contributed by atoms with Gasteiger partial charge in [0.05, 0.1) is 32.5 Å². The Morgan fingerprint density at radius 3 is 1.62 bits per heavy atom. The molecule has 0 amide bonds. The third-order valence-corrected chi connectivity index (χ3v) is 5.47. The molecule has 0 saturated carbocycles. The number of rotatable bonds is 6. The molecule has 2 aliphatic carbocycles. The van der Waals surface area contributed by atoms with Crippen molar-refractivity contribution in [1.29, 1.82) is 0 Å². The third-order valence-electron chi connectivity index (χ3n) is 5.47. The fourth-order valence-corrected chi connectivity index (χ4v) is 3.61. The van der Waals surface area contributed by atoms with Gasteiger partial charge in [0.2, 0.25) is 0 Å². The van der Waals surface area contributed by atoms with Gasteiger partial charge in [-0.15, -0.1) is 0 Å². The Labute approximate surface area is 187 Å². The average molecular weight is 449 g/mol. The zero-order chi connectivity index (χ0) is 24.6. The van der Waals surface area contributed by atoms with Crippen LogP contribution in [-0.4, -0.2) is 80.8 Å². The van der Waals surface area contributed by atoms with Crippen molar-refractivity contribution in [3.8, 4) is 0 Å². The Morgan fingerprint density at radius 1 is 0.719 bits per heavy atom. The first-order valence-corrected chi connectivity index (χ1v) is 10.2. The summed E-state index contributed by atoms with van der Waals surface area (Å²) in [5, 5.41) is 56.3. The summed E-state index contributed by atoms with van der Waals surface area (Å²) < 4.78 is 0. The zero-order valence-electron chi connectivity index (χ0n) is 18.8. The summed E-state index contributed by atoms with van der Waals surface area (Å²) in [5.74, 6) is -0.763. The van der Waals surface area contributed by atoms with E-state index >= 15 is 0 Å². The van der Waals surface area contributed by atoms with Crippen LogP contribution in [0.25, 0.3) is 0 Å². The summed E-state index contributed by atoms with van der Waals surface area (Å²) in [7, 11) is 0. The molecule has 0 fully saturated rings. The van der Waals surface area contributed by atoms with Crippen LogP contribution in [0.3, 0.4) is 0 Å². The van der Waals surface area contributed by atoms with E-state index in [1.54, 1.807) is 45.1 Å². The van der Waals surface area contributed by atoms with E-state index in [1.165, 1.54) is 0 Å². The Bertz CT molecular complexity index is 928. The molecule has 2 rings (SSSR count). The lowest BCUT2D eigenvalue weighted by Crippen LogP contribution is -2.32. The highest BCUT2D eigenvalue weighted by molar-refractivity contribution is 6.26. The maximum absolute atomic E-state index is 11.9. The third kappa shape index (κ3) is 5.47. The van der Waals surface area contributed by atoms with Crippen molar-refractivity contribution >= 4 is 11.6 Å². The number of aliphatic hydroxyl groups is 6. The summed E-state index contributed by atoms with van der Waals surface area (Å²) >= 11 is 0. The standard InChI is InChI=1S/C12H18O4.C12H14O4/c2*1-3-4-8-7(2)11(15)9(5-13)10(6-14)12(8)16/h3-4,11-16H,5-6H2,1-2H3;3-4,13-14H,5-6H2,1-2H3. The van der Waals surface area contributed by atoms with Crippen molar-refractivity contribution in [2.45, 2.75) is 39.9 Å². The van der Waals surface area contributed by atoms with Crippen LogP contribution in [0.2, 0.25) is 0 Å². The molecule has 0 saturated heterocycles. The molecule has 0 aliphatic heterocycles. The van der Waals surface area contributed by atoms with Crippen LogP contribution in [0.4, 0.5) is 0 Å². The summed E-state index contributed by atoms with van der Waals surface area (Å²) in [5.41, 5.74) is 2.35.